The first-order valence-electron chi connectivity index (χ1n) is 9.49. The van der Waals surface area contributed by atoms with Gasteiger partial charge in [-0.15, -0.1) is 0 Å². The smallest absolute Gasteiger partial charge is 0.255 e. The van der Waals surface area contributed by atoms with Gasteiger partial charge in [0.15, 0.2) is 5.78 Å². The second-order valence-corrected chi connectivity index (χ2v) is 7.02. The quantitative estimate of drug-likeness (QED) is 0.619. The molecule has 1 unspecified atom stereocenters. The van der Waals surface area contributed by atoms with E-state index in [9.17, 15) is 14.7 Å². The van der Waals surface area contributed by atoms with Crippen molar-refractivity contribution in [1.82, 2.24) is 0 Å². The molecule has 2 aromatic carbocycles. The number of amides is 1. The lowest BCUT2D eigenvalue weighted by Gasteiger charge is -2.24. The first kappa shape index (κ1) is 19.5. The predicted molar refractivity (Wildman–Crippen MR) is 110 cm³/mol. The Kier molecular flexibility index (Phi) is 6.04. The van der Waals surface area contributed by atoms with Crippen LogP contribution in [0.25, 0.3) is 0 Å². The van der Waals surface area contributed by atoms with Crippen LogP contribution in [0.15, 0.2) is 65.9 Å². The largest absolute Gasteiger partial charge is 0.511 e. The number of aliphatic hydroxyl groups is 1. The molecular formula is C23H24N2O3. The molecule has 0 bridgehead atoms. The van der Waals surface area contributed by atoms with Crippen molar-refractivity contribution in [3.05, 3.63) is 77.1 Å². The standard InChI is InChI=1S/C23H24N2O3/c1-2-7-19(24)22-20(26)13-17(14-21(22)27)16-10-6-11-18(12-16)25-23(28)15-8-4-3-5-9-15/h3-6,8-12,17,24,26H,2,7,13-14H2,1H3,(H,25,28). The van der Waals surface area contributed by atoms with Crippen LogP contribution >= 0.6 is 0 Å². The fourth-order valence-corrected chi connectivity index (χ4v) is 3.51. The molecule has 1 amide bonds. The summed E-state index contributed by atoms with van der Waals surface area (Å²) in [6.45, 7) is 1.94. The Balaban J connectivity index is 1.77. The molecular weight excluding hydrogens is 352 g/mol. The molecule has 1 aliphatic carbocycles. The number of Topliss-reactive ketones (excluding diaryl/α,β-unsaturated/α-hetero) is 1. The summed E-state index contributed by atoms with van der Waals surface area (Å²) in [4.78, 5) is 24.9. The van der Waals surface area contributed by atoms with Gasteiger partial charge in [-0.1, -0.05) is 43.7 Å². The monoisotopic (exact) mass is 376 g/mol. The van der Waals surface area contributed by atoms with Gasteiger partial charge in [0.05, 0.1) is 5.57 Å². The maximum atomic E-state index is 12.5. The Morgan fingerprint density at radius 3 is 2.57 bits per heavy atom. The Bertz CT molecular complexity index is 932. The van der Waals surface area contributed by atoms with Crippen LogP contribution in [0.4, 0.5) is 5.69 Å². The average Bonchev–Trinajstić information content (AvgIpc) is 2.68. The van der Waals surface area contributed by atoms with Gasteiger partial charge in [0.2, 0.25) is 0 Å². The van der Waals surface area contributed by atoms with Crippen LogP contribution in [0, 0.1) is 5.41 Å². The highest BCUT2D eigenvalue weighted by Gasteiger charge is 2.30. The number of rotatable bonds is 6. The molecule has 5 nitrogen and oxygen atoms in total. The molecule has 0 fully saturated rings. The van der Waals surface area contributed by atoms with Crippen molar-refractivity contribution < 1.29 is 14.7 Å². The summed E-state index contributed by atoms with van der Waals surface area (Å²) >= 11 is 0. The van der Waals surface area contributed by atoms with E-state index >= 15 is 0 Å². The van der Waals surface area contributed by atoms with E-state index in [0.717, 1.165) is 12.0 Å². The lowest BCUT2D eigenvalue weighted by atomic mass is 9.80. The molecule has 0 saturated heterocycles. The summed E-state index contributed by atoms with van der Waals surface area (Å²) in [5.41, 5.74) is 2.50. The number of hydrogen-bond acceptors (Lipinski definition) is 4. The van der Waals surface area contributed by atoms with E-state index in [0.29, 0.717) is 24.1 Å². The molecule has 1 atom stereocenters. The fraction of sp³-hybridized carbons (Fsp3) is 0.261. The molecule has 0 radical (unpaired) electrons. The molecule has 3 N–H and O–H groups in total. The Labute approximate surface area is 164 Å². The van der Waals surface area contributed by atoms with Crippen LogP contribution < -0.4 is 5.32 Å². The molecule has 3 rings (SSSR count). The van der Waals surface area contributed by atoms with Crippen LogP contribution in [0.5, 0.6) is 0 Å². The summed E-state index contributed by atoms with van der Waals surface area (Å²) in [6, 6.07) is 16.3. The number of aliphatic hydroxyl groups excluding tert-OH is 1. The Hall–Kier alpha value is -3.21. The lowest BCUT2D eigenvalue weighted by Crippen LogP contribution is -2.23. The minimum atomic E-state index is -0.199. The van der Waals surface area contributed by atoms with Gasteiger partial charge in [0.25, 0.3) is 5.91 Å². The first-order valence-corrected chi connectivity index (χ1v) is 9.49. The molecule has 0 saturated carbocycles. The van der Waals surface area contributed by atoms with Gasteiger partial charge in [0.1, 0.15) is 5.76 Å². The van der Waals surface area contributed by atoms with Crippen molar-refractivity contribution in [2.75, 3.05) is 5.32 Å². The van der Waals surface area contributed by atoms with E-state index < -0.39 is 0 Å². The Morgan fingerprint density at radius 1 is 1.14 bits per heavy atom. The molecule has 1 aliphatic rings. The van der Waals surface area contributed by atoms with Gasteiger partial charge < -0.3 is 15.8 Å². The van der Waals surface area contributed by atoms with Gasteiger partial charge in [-0.2, -0.15) is 0 Å². The van der Waals surface area contributed by atoms with Crippen LogP contribution in [0.2, 0.25) is 0 Å². The minimum absolute atomic E-state index is 0.00146. The summed E-state index contributed by atoms with van der Waals surface area (Å²) in [5.74, 6) is -0.556. The summed E-state index contributed by atoms with van der Waals surface area (Å²) in [7, 11) is 0. The van der Waals surface area contributed by atoms with Gasteiger partial charge in [0, 0.05) is 29.8 Å². The van der Waals surface area contributed by atoms with Gasteiger partial charge in [-0.3, -0.25) is 9.59 Å². The van der Waals surface area contributed by atoms with Crippen molar-refractivity contribution in [2.45, 2.75) is 38.5 Å². The van der Waals surface area contributed by atoms with Crippen LogP contribution in [0.1, 0.15) is 54.4 Å². The van der Waals surface area contributed by atoms with E-state index in [1.807, 2.05) is 43.3 Å². The van der Waals surface area contributed by atoms with Crippen molar-refractivity contribution in [3.63, 3.8) is 0 Å². The zero-order valence-corrected chi connectivity index (χ0v) is 15.9. The second-order valence-electron chi connectivity index (χ2n) is 7.02. The molecule has 0 spiro atoms. The van der Waals surface area contributed by atoms with Crippen molar-refractivity contribution in [1.29, 1.82) is 5.41 Å². The third-order valence-electron chi connectivity index (χ3n) is 4.89. The van der Waals surface area contributed by atoms with Gasteiger partial charge in [-0.05, 0) is 42.2 Å². The summed E-state index contributed by atoms with van der Waals surface area (Å²) < 4.78 is 0. The number of ketones is 1. The fourth-order valence-electron chi connectivity index (χ4n) is 3.51. The first-order chi connectivity index (χ1) is 13.5. The summed E-state index contributed by atoms with van der Waals surface area (Å²) in [6.07, 6.45) is 1.82. The zero-order valence-electron chi connectivity index (χ0n) is 15.9. The molecule has 144 valence electrons. The van der Waals surface area contributed by atoms with Crippen molar-refractivity contribution in [3.8, 4) is 0 Å². The highest BCUT2D eigenvalue weighted by atomic mass is 16.3. The number of nitrogens with one attached hydrogen (secondary N) is 2. The normalized spacial score (nSPS) is 16.8. The van der Waals surface area contributed by atoms with E-state index in [4.69, 9.17) is 5.41 Å². The van der Waals surface area contributed by atoms with Gasteiger partial charge >= 0.3 is 0 Å². The minimum Gasteiger partial charge on any atom is -0.511 e. The van der Waals surface area contributed by atoms with Crippen molar-refractivity contribution >= 4 is 23.1 Å². The second kappa shape index (κ2) is 8.65. The van der Waals surface area contributed by atoms with E-state index in [-0.39, 0.29) is 41.1 Å². The number of carbonyl (C=O) groups excluding carboxylic acids is 2. The van der Waals surface area contributed by atoms with E-state index in [1.54, 1.807) is 18.2 Å². The molecule has 0 aliphatic heterocycles. The van der Waals surface area contributed by atoms with Crippen LogP contribution in [0.3, 0.4) is 0 Å². The topological polar surface area (TPSA) is 90.2 Å². The van der Waals surface area contributed by atoms with Gasteiger partial charge in [-0.25, -0.2) is 0 Å². The number of hydrogen-bond donors (Lipinski definition) is 3. The number of carbonyl (C=O) groups is 2. The maximum Gasteiger partial charge on any atom is 0.255 e. The molecule has 0 aromatic heterocycles. The maximum absolute atomic E-state index is 12.5. The zero-order chi connectivity index (χ0) is 20.1. The number of allylic oxidation sites excluding steroid dienone is 2. The predicted octanol–water partition coefficient (Wildman–Crippen LogP) is 5.02. The molecule has 5 heteroatoms. The highest BCUT2D eigenvalue weighted by molar-refractivity contribution is 6.22. The lowest BCUT2D eigenvalue weighted by molar-refractivity contribution is -0.116. The molecule has 2 aromatic rings. The summed E-state index contributed by atoms with van der Waals surface area (Å²) in [5, 5.41) is 21.3. The SMILES string of the molecule is CCCC(=N)C1=C(O)CC(c2cccc(NC(=O)c3ccccc3)c2)CC1=O. The van der Waals surface area contributed by atoms with Crippen molar-refractivity contribution in [2.24, 2.45) is 0 Å². The highest BCUT2D eigenvalue weighted by Crippen LogP contribution is 2.35. The molecule has 28 heavy (non-hydrogen) atoms. The van der Waals surface area contributed by atoms with Crippen LogP contribution in [-0.4, -0.2) is 22.5 Å². The molecule has 0 heterocycles. The van der Waals surface area contributed by atoms with E-state index in [2.05, 4.69) is 5.32 Å². The average molecular weight is 376 g/mol. The van der Waals surface area contributed by atoms with Crippen LogP contribution in [-0.2, 0) is 4.79 Å². The number of anilines is 1. The Morgan fingerprint density at radius 2 is 1.89 bits per heavy atom. The van der Waals surface area contributed by atoms with E-state index in [1.165, 1.54) is 0 Å². The number of benzene rings is 2. The third kappa shape index (κ3) is 4.36. The third-order valence-corrected chi connectivity index (χ3v) is 4.89.